The van der Waals surface area contributed by atoms with E-state index in [0.29, 0.717) is 29.4 Å². The summed E-state index contributed by atoms with van der Waals surface area (Å²) in [7, 11) is 1.57. The van der Waals surface area contributed by atoms with Crippen LogP contribution in [0, 0.1) is 4.77 Å². The summed E-state index contributed by atoms with van der Waals surface area (Å²) in [5, 5.41) is 0. The van der Waals surface area contributed by atoms with Crippen LogP contribution < -0.4 is 4.74 Å². The monoisotopic (exact) mass is 268 g/mol. The highest BCUT2D eigenvalue weighted by molar-refractivity contribution is 7.71. The van der Waals surface area contributed by atoms with Gasteiger partial charge in [0.2, 0.25) is 5.88 Å². The van der Waals surface area contributed by atoms with Crippen molar-refractivity contribution in [3.63, 3.8) is 0 Å². The van der Waals surface area contributed by atoms with Gasteiger partial charge in [-0.2, -0.15) is 4.98 Å². The van der Waals surface area contributed by atoms with Crippen molar-refractivity contribution in [2.75, 3.05) is 20.3 Å². The maximum absolute atomic E-state index is 5.42. The second-order valence-electron chi connectivity index (χ2n) is 3.89. The summed E-state index contributed by atoms with van der Waals surface area (Å²) < 4.78 is 13.1. The fourth-order valence-electron chi connectivity index (χ4n) is 1.84. The number of ether oxygens (including phenoxy) is 2. The lowest BCUT2D eigenvalue weighted by atomic mass is 10.3. The Labute approximate surface area is 110 Å². The number of H-pyrrole nitrogens is 1. The molecule has 0 fully saturated rings. The van der Waals surface area contributed by atoms with Crippen LogP contribution >= 0.6 is 12.2 Å². The molecule has 0 aliphatic rings. The van der Waals surface area contributed by atoms with Crippen molar-refractivity contribution in [2.24, 2.45) is 0 Å². The van der Waals surface area contributed by atoms with Crippen molar-refractivity contribution in [2.45, 2.75) is 19.9 Å². The molecule has 2 heterocycles. The molecule has 0 radical (unpaired) electrons. The number of fused-ring (bicyclic) bond motifs is 1. The van der Waals surface area contributed by atoms with Gasteiger partial charge in [-0.1, -0.05) is 0 Å². The third kappa shape index (κ3) is 2.23. The number of hydrogen-bond acceptors (Lipinski definition) is 5. The van der Waals surface area contributed by atoms with E-state index in [-0.39, 0.29) is 6.04 Å². The fraction of sp³-hybridized carbons (Fsp3) is 0.545. The molecule has 18 heavy (non-hydrogen) atoms. The van der Waals surface area contributed by atoms with Crippen LogP contribution in [0.5, 0.6) is 5.88 Å². The zero-order valence-electron chi connectivity index (χ0n) is 10.6. The molecule has 0 spiro atoms. The standard InChI is InChI=1S/C11H16N4O2S/c1-4-17-5-7(2)15-9-8(14-11(15)18)10(16-3)13-6-12-9/h6-7H,4-5H2,1-3H3,(H,14,18). The van der Waals surface area contributed by atoms with E-state index in [1.165, 1.54) is 6.33 Å². The van der Waals surface area contributed by atoms with E-state index in [1.807, 2.05) is 18.4 Å². The van der Waals surface area contributed by atoms with Crippen molar-refractivity contribution in [3.8, 4) is 5.88 Å². The normalized spacial score (nSPS) is 12.8. The van der Waals surface area contributed by atoms with Gasteiger partial charge in [0, 0.05) is 6.61 Å². The highest BCUT2D eigenvalue weighted by Gasteiger charge is 2.15. The van der Waals surface area contributed by atoms with Gasteiger partial charge in [-0.15, -0.1) is 0 Å². The molecule has 2 rings (SSSR count). The number of rotatable bonds is 5. The van der Waals surface area contributed by atoms with Crippen molar-refractivity contribution in [1.82, 2.24) is 19.5 Å². The Kier molecular flexibility index (Phi) is 3.93. The largest absolute Gasteiger partial charge is 0.479 e. The van der Waals surface area contributed by atoms with Gasteiger partial charge in [0.15, 0.2) is 10.4 Å². The summed E-state index contributed by atoms with van der Waals surface area (Å²) in [5.74, 6) is 0.494. The van der Waals surface area contributed by atoms with Gasteiger partial charge in [-0.05, 0) is 26.1 Å². The molecule has 0 saturated carbocycles. The van der Waals surface area contributed by atoms with E-state index in [2.05, 4.69) is 15.0 Å². The molecule has 1 unspecified atom stereocenters. The zero-order chi connectivity index (χ0) is 13.1. The second-order valence-corrected chi connectivity index (χ2v) is 4.28. The van der Waals surface area contributed by atoms with E-state index in [1.54, 1.807) is 7.11 Å². The van der Waals surface area contributed by atoms with Crippen LogP contribution in [-0.2, 0) is 4.74 Å². The van der Waals surface area contributed by atoms with Gasteiger partial charge in [0.05, 0.1) is 19.8 Å². The lowest BCUT2D eigenvalue weighted by Crippen LogP contribution is -2.12. The molecule has 6 nitrogen and oxygen atoms in total. The van der Waals surface area contributed by atoms with Gasteiger partial charge in [-0.25, -0.2) is 4.98 Å². The van der Waals surface area contributed by atoms with Gasteiger partial charge in [0.25, 0.3) is 0 Å². The number of aromatic nitrogens is 4. The third-order valence-electron chi connectivity index (χ3n) is 2.67. The first-order valence-corrected chi connectivity index (χ1v) is 6.16. The predicted octanol–water partition coefficient (Wildman–Crippen LogP) is 2.09. The molecular formula is C11H16N4O2S. The molecule has 7 heteroatoms. The summed E-state index contributed by atoms with van der Waals surface area (Å²) in [5.41, 5.74) is 1.45. The smallest absolute Gasteiger partial charge is 0.242 e. The molecule has 0 saturated heterocycles. The highest BCUT2D eigenvalue weighted by Crippen LogP contribution is 2.23. The zero-order valence-corrected chi connectivity index (χ0v) is 11.5. The number of nitrogens with one attached hydrogen (secondary N) is 1. The summed E-state index contributed by atoms with van der Waals surface area (Å²) in [6.07, 6.45) is 1.47. The number of aromatic amines is 1. The molecule has 0 bridgehead atoms. The average molecular weight is 268 g/mol. The topological polar surface area (TPSA) is 65.0 Å². The Bertz CT molecular complexity index is 592. The van der Waals surface area contributed by atoms with Crippen LogP contribution in [0.3, 0.4) is 0 Å². The van der Waals surface area contributed by atoms with E-state index < -0.39 is 0 Å². The van der Waals surface area contributed by atoms with E-state index >= 15 is 0 Å². The number of imidazole rings is 1. The van der Waals surface area contributed by atoms with Crippen LogP contribution in [0.25, 0.3) is 11.2 Å². The highest BCUT2D eigenvalue weighted by atomic mass is 32.1. The molecule has 2 aromatic heterocycles. The van der Waals surface area contributed by atoms with Crippen molar-refractivity contribution in [1.29, 1.82) is 0 Å². The second kappa shape index (κ2) is 5.45. The van der Waals surface area contributed by atoms with E-state index in [9.17, 15) is 0 Å². The molecule has 0 aromatic carbocycles. The molecule has 98 valence electrons. The molecule has 0 aliphatic carbocycles. The first kappa shape index (κ1) is 13.0. The molecule has 0 aliphatic heterocycles. The van der Waals surface area contributed by atoms with Crippen molar-refractivity contribution < 1.29 is 9.47 Å². The summed E-state index contributed by atoms with van der Waals surface area (Å²) in [6.45, 7) is 5.27. The minimum Gasteiger partial charge on any atom is -0.479 e. The van der Waals surface area contributed by atoms with Crippen LogP contribution in [-0.4, -0.2) is 39.8 Å². The van der Waals surface area contributed by atoms with Crippen molar-refractivity contribution >= 4 is 23.4 Å². The van der Waals surface area contributed by atoms with Gasteiger partial charge >= 0.3 is 0 Å². The fourth-order valence-corrected chi connectivity index (χ4v) is 2.21. The van der Waals surface area contributed by atoms with Gasteiger partial charge < -0.3 is 14.5 Å². The molecule has 1 N–H and O–H groups in total. The lowest BCUT2D eigenvalue weighted by molar-refractivity contribution is 0.119. The Hall–Kier alpha value is -1.47. The first-order valence-electron chi connectivity index (χ1n) is 5.76. The maximum Gasteiger partial charge on any atom is 0.242 e. The van der Waals surface area contributed by atoms with Gasteiger partial charge in [0.1, 0.15) is 11.8 Å². The Balaban J connectivity index is 2.51. The summed E-state index contributed by atoms with van der Waals surface area (Å²) in [4.78, 5) is 11.4. The minimum absolute atomic E-state index is 0.103. The van der Waals surface area contributed by atoms with Crippen LogP contribution in [0.1, 0.15) is 19.9 Å². The Morgan fingerprint density at radius 3 is 2.94 bits per heavy atom. The van der Waals surface area contributed by atoms with Crippen LogP contribution in [0.4, 0.5) is 0 Å². The number of hydrogen-bond donors (Lipinski definition) is 1. The SMILES string of the molecule is CCOCC(C)n1c(=S)[nH]c2c(OC)ncnc21. The molecule has 2 aromatic rings. The first-order chi connectivity index (χ1) is 8.69. The summed E-state index contributed by atoms with van der Waals surface area (Å²) in [6, 6.07) is 0.103. The van der Waals surface area contributed by atoms with Crippen LogP contribution in [0.15, 0.2) is 6.33 Å². The number of methoxy groups -OCH3 is 1. The molecule has 0 amide bonds. The predicted molar refractivity (Wildman–Crippen MR) is 70.5 cm³/mol. The summed E-state index contributed by atoms with van der Waals surface area (Å²) >= 11 is 5.32. The number of nitrogens with zero attached hydrogens (tertiary/aromatic N) is 3. The maximum atomic E-state index is 5.42. The van der Waals surface area contributed by atoms with E-state index in [0.717, 1.165) is 5.65 Å². The van der Waals surface area contributed by atoms with E-state index in [4.69, 9.17) is 21.7 Å². The average Bonchev–Trinajstić information content (AvgIpc) is 2.71. The quantitative estimate of drug-likeness (QED) is 0.841. The van der Waals surface area contributed by atoms with Crippen molar-refractivity contribution in [3.05, 3.63) is 11.1 Å². The third-order valence-corrected chi connectivity index (χ3v) is 2.97. The minimum atomic E-state index is 0.103. The Morgan fingerprint density at radius 2 is 2.28 bits per heavy atom. The lowest BCUT2D eigenvalue weighted by Gasteiger charge is -2.13. The molecule has 1 atom stereocenters. The van der Waals surface area contributed by atoms with Crippen LogP contribution in [0.2, 0.25) is 0 Å². The van der Waals surface area contributed by atoms with Gasteiger partial charge in [-0.3, -0.25) is 4.57 Å². The Morgan fingerprint density at radius 1 is 1.50 bits per heavy atom. The molecular weight excluding hydrogens is 252 g/mol.